The van der Waals surface area contributed by atoms with Crippen molar-refractivity contribution in [3.05, 3.63) is 94.0 Å². The predicted molar refractivity (Wildman–Crippen MR) is 122 cm³/mol. The number of carbonyl (C=O) groups is 1. The first-order valence-corrected chi connectivity index (χ1v) is 10.4. The molecule has 0 bridgehead atoms. The number of amides is 1. The second-order valence-corrected chi connectivity index (χ2v) is 7.68. The van der Waals surface area contributed by atoms with Crippen molar-refractivity contribution < 1.29 is 18.7 Å². The molecule has 0 unspecified atom stereocenters. The van der Waals surface area contributed by atoms with Gasteiger partial charge in [-0.3, -0.25) is 9.48 Å². The van der Waals surface area contributed by atoms with E-state index < -0.39 is 5.91 Å². The Balaban J connectivity index is 1.35. The molecule has 0 aliphatic rings. The van der Waals surface area contributed by atoms with Gasteiger partial charge in [0.25, 0.3) is 5.91 Å². The molecule has 0 fully saturated rings. The van der Waals surface area contributed by atoms with Gasteiger partial charge in [0.1, 0.15) is 28.9 Å². The first-order valence-electron chi connectivity index (χ1n) is 9.64. The average molecular weight is 472 g/mol. The number of methoxy groups -OCH3 is 1. The molecule has 0 saturated heterocycles. The van der Waals surface area contributed by atoms with Gasteiger partial charge in [0.2, 0.25) is 0 Å². The highest BCUT2D eigenvalue weighted by atomic mass is 35.5. The minimum absolute atomic E-state index is 0.127. The van der Waals surface area contributed by atoms with Crippen LogP contribution in [0.2, 0.25) is 10.0 Å². The van der Waals surface area contributed by atoms with Gasteiger partial charge in [0, 0.05) is 11.2 Å². The Bertz CT molecular complexity index is 1200. The Morgan fingerprint density at radius 1 is 1.03 bits per heavy atom. The van der Waals surface area contributed by atoms with Crippen molar-refractivity contribution in [2.24, 2.45) is 0 Å². The minimum Gasteiger partial charge on any atom is -0.497 e. The molecule has 0 atom stereocenters. The van der Waals surface area contributed by atoms with Gasteiger partial charge < -0.3 is 19.2 Å². The highest BCUT2D eigenvalue weighted by Gasteiger charge is 2.16. The van der Waals surface area contributed by atoms with Crippen LogP contribution in [0.1, 0.15) is 21.9 Å². The lowest BCUT2D eigenvalue weighted by molar-refractivity contribution is 0.0992. The lowest BCUT2D eigenvalue weighted by Crippen LogP contribution is -2.12. The van der Waals surface area contributed by atoms with E-state index in [9.17, 15) is 4.79 Å². The third kappa shape index (κ3) is 5.43. The van der Waals surface area contributed by atoms with Crippen LogP contribution in [0.5, 0.6) is 11.5 Å². The van der Waals surface area contributed by atoms with Crippen LogP contribution in [-0.4, -0.2) is 22.8 Å². The summed E-state index contributed by atoms with van der Waals surface area (Å²) in [5, 5.41) is 7.98. The van der Waals surface area contributed by atoms with E-state index in [1.807, 2.05) is 12.1 Å². The number of aromatic nitrogens is 2. The van der Waals surface area contributed by atoms with Crippen LogP contribution >= 0.6 is 23.2 Å². The number of furan rings is 1. The molecule has 4 rings (SSSR count). The van der Waals surface area contributed by atoms with Crippen molar-refractivity contribution in [2.75, 3.05) is 12.4 Å². The maximum Gasteiger partial charge on any atom is 0.292 e. The molecular weight excluding hydrogens is 453 g/mol. The van der Waals surface area contributed by atoms with Gasteiger partial charge in [-0.15, -0.1) is 0 Å². The number of benzene rings is 2. The van der Waals surface area contributed by atoms with Crippen molar-refractivity contribution >= 4 is 34.9 Å². The summed E-state index contributed by atoms with van der Waals surface area (Å²) in [6.45, 7) is 0.663. The number of anilines is 1. The summed E-state index contributed by atoms with van der Waals surface area (Å²) in [5.41, 5.74) is 0.999. The molecule has 2 aromatic carbocycles. The average Bonchev–Trinajstić information content (AvgIpc) is 3.41. The third-order valence-corrected chi connectivity index (χ3v) is 5.06. The van der Waals surface area contributed by atoms with Gasteiger partial charge in [-0.1, -0.05) is 35.3 Å². The van der Waals surface area contributed by atoms with E-state index in [-0.39, 0.29) is 18.2 Å². The molecule has 0 aliphatic heterocycles. The van der Waals surface area contributed by atoms with E-state index in [1.165, 1.54) is 0 Å². The number of ether oxygens (including phenoxy) is 2. The van der Waals surface area contributed by atoms with E-state index in [0.717, 1.165) is 11.3 Å². The standard InChI is InChI=1S/C23H19Cl2N3O4/c1-30-17-6-8-18(9-7-17)31-14-19-10-11-21(32-19)23(29)26-22-20(25)13-28(27-22)12-15-2-4-16(24)5-3-15/h2-11,13H,12,14H2,1H3,(H,26,27,29). The summed E-state index contributed by atoms with van der Waals surface area (Å²) >= 11 is 12.1. The molecular formula is C23H19Cl2N3O4. The van der Waals surface area contributed by atoms with E-state index in [1.54, 1.807) is 66.5 Å². The molecule has 9 heteroatoms. The van der Waals surface area contributed by atoms with Crippen LogP contribution in [0.4, 0.5) is 5.82 Å². The number of hydrogen-bond acceptors (Lipinski definition) is 5. The smallest absolute Gasteiger partial charge is 0.292 e. The molecule has 4 aromatic rings. The molecule has 164 valence electrons. The number of nitrogens with zero attached hydrogens (tertiary/aromatic N) is 2. The maximum atomic E-state index is 12.5. The predicted octanol–water partition coefficient (Wildman–Crippen LogP) is 5.67. The molecule has 2 heterocycles. The van der Waals surface area contributed by atoms with Gasteiger partial charge in [0.15, 0.2) is 11.6 Å². The van der Waals surface area contributed by atoms with Gasteiger partial charge in [-0.05, 0) is 54.1 Å². The summed E-state index contributed by atoms with van der Waals surface area (Å²) in [5.74, 6) is 1.82. The molecule has 0 saturated carbocycles. The highest BCUT2D eigenvalue weighted by molar-refractivity contribution is 6.33. The first kappa shape index (κ1) is 21.8. The molecule has 7 nitrogen and oxygen atoms in total. The zero-order valence-corrected chi connectivity index (χ0v) is 18.6. The van der Waals surface area contributed by atoms with Crippen LogP contribution in [-0.2, 0) is 13.2 Å². The molecule has 0 radical (unpaired) electrons. The van der Waals surface area contributed by atoms with Crippen molar-refractivity contribution in [1.29, 1.82) is 0 Å². The van der Waals surface area contributed by atoms with E-state index in [2.05, 4.69) is 10.4 Å². The van der Waals surface area contributed by atoms with Crippen molar-refractivity contribution in [3.8, 4) is 11.5 Å². The molecule has 1 N–H and O–H groups in total. The summed E-state index contributed by atoms with van der Waals surface area (Å²) < 4.78 is 18.0. The monoisotopic (exact) mass is 471 g/mol. The first-order chi connectivity index (χ1) is 15.5. The second-order valence-electron chi connectivity index (χ2n) is 6.83. The SMILES string of the molecule is COc1ccc(OCc2ccc(C(=O)Nc3nn(Cc4ccc(Cl)cc4)cc3Cl)o2)cc1. The fourth-order valence-corrected chi connectivity index (χ4v) is 3.24. The molecule has 1 amide bonds. The number of hydrogen-bond donors (Lipinski definition) is 1. The summed E-state index contributed by atoms with van der Waals surface area (Å²) in [6, 6.07) is 17.8. The molecule has 0 aliphatic carbocycles. The van der Waals surface area contributed by atoms with Gasteiger partial charge >= 0.3 is 0 Å². The zero-order chi connectivity index (χ0) is 22.5. The van der Waals surface area contributed by atoms with Gasteiger partial charge in [-0.2, -0.15) is 5.10 Å². The molecule has 32 heavy (non-hydrogen) atoms. The quantitative estimate of drug-likeness (QED) is 0.358. The second kappa shape index (κ2) is 9.80. The Labute approximate surface area is 194 Å². The van der Waals surface area contributed by atoms with Crippen molar-refractivity contribution in [3.63, 3.8) is 0 Å². The Morgan fingerprint density at radius 3 is 2.47 bits per heavy atom. The fraction of sp³-hybridized carbons (Fsp3) is 0.130. The highest BCUT2D eigenvalue weighted by Crippen LogP contribution is 2.22. The number of halogens is 2. The normalized spacial score (nSPS) is 10.7. The number of carbonyl (C=O) groups excluding carboxylic acids is 1. The Hall–Kier alpha value is -3.42. The Morgan fingerprint density at radius 2 is 1.75 bits per heavy atom. The molecule has 0 spiro atoms. The van der Waals surface area contributed by atoms with Crippen LogP contribution < -0.4 is 14.8 Å². The largest absolute Gasteiger partial charge is 0.497 e. The molecule has 2 aromatic heterocycles. The van der Waals surface area contributed by atoms with E-state index in [4.69, 9.17) is 37.1 Å². The van der Waals surface area contributed by atoms with Crippen LogP contribution in [0.15, 0.2) is 71.3 Å². The lowest BCUT2D eigenvalue weighted by Gasteiger charge is -2.05. The summed E-state index contributed by atoms with van der Waals surface area (Å²) in [6.07, 6.45) is 1.64. The maximum absolute atomic E-state index is 12.5. The topological polar surface area (TPSA) is 78.5 Å². The van der Waals surface area contributed by atoms with E-state index in [0.29, 0.717) is 28.1 Å². The lowest BCUT2D eigenvalue weighted by atomic mass is 10.2. The van der Waals surface area contributed by atoms with Crippen LogP contribution in [0, 0.1) is 0 Å². The minimum atomic E-state index is -0.459. The van der Waals surface area contributed by atoms with E-state index >= 15 is 0 Å². The Kier molecular flexibility index (Phi) is 6.68. The number of rotatable bonds is 8. The van der Waals surface area contributed by atoms with Crippen molar-refractivity contribution in [2.45, 2.75) is 13.2 Å². The van der Waals surface area contributed by atoms with Gasteiger partial charge in [0.05, 0.1) is 13.7 Å². The number of nitrogens with one attached hydrogen (secondary N) is 1. The zero-order valence-electron chi connectivity index (χ0n) is 17.0. The fourth-order valence-electron chi connectivity index (χ4n) is 2.91. The van der Waals surface area contributed by atoms with Crippen LogP contribution in [0.3, 0.4) is 0 Å². The van der Waals surface area contributed by atoms with Gasteiger partial charge in [-0.25, -0.2) is 0 Å². The third-order valence-electron chi connectivity index (χ3n) is 4.53. The summed E-state index contributed by atoms with van der Waals surface area (Å²) in [7, 11) is 1.60. The van der Waals surface area contributed by atoms with Crippen molar-refractivity contribution in [1.82, 2.24) is 9.78 Å². The van der Waals surface area contributed by atoms with Crippen LogP contribution in [0.25, 0.3) is 0 Å². The summed E-state index contributed by atoms with van der Waals surface area (Å²) in [4.78, 5) is 12.5.